The van der Waals surface area contributed by atoms with E-state index in [4.69, 9.17) is 4.74 Å². The van der Waals surface area contributed by atoms with Crippen LogP contribution in [0.15, 0.2) is 11.0 Å². The number of aromatic amines is 1. The molecule has 0 unspecified atom stereocenters. The van der Waals surface area contributed by atoms with E-state index in [1.807, 2.05) is 0 Å². The summed E-state index contributed by atoms with van der Waals surface area (Å²) >= 11 is 0. The van der Waals surface area contributed by atoms with Gasteiger partial charge in [0.25, 0.3) is 5.56 Å². The Balaban J connectivity index is 1.72. The van der Waals surface area contributed by atoms with Crippen molar-refractivity contribution in [3.05, 3.63) is 16.6 Å². The first-order valence-electron chi connectivity index (χ1n) is 7.57. The second-order valence-corrected chi connectivity index (χ2v) is 5.70. The van der Waals surface area contributed by atoms with Crippen molar-refractivity contribution in [2.75, 3.05) is 38.7 Å². The van der Waals surface area contributed by atoms with Crippen molar-refractivity contribution in [2.45, 2.75) is 18.9 Å². The molecule has 1 fully saturated rings. The quantitative estimate of drug-likeness (QED) is 0.819. The van der Waals surface area contributed by atoms with Crippen molar-refractivity contribution in [2.24, 2.45) is 7.05 Å². The number of nitrogens with one attached hydrogen (secondary N) is 2. The Hall–Kier alpha value is -1.93. The van der Waals surface area contributed by atoms with E-state index in [9.17, 15) is 4.79 Å². The van der Waals surface area contributed by atoms with Gasteiger partial charge in [-0.25, -0.2) is 0 Å². The normalized spacial score (nSPS) is 19.6. The smallest absolute Gasteiger partial charge is 0.263 e. The predicted molar refractivity (Wildman–Crippen MR) is 84.1 cm³/mol. The molecular weight excluding hydrogens is 284 g/mol. The molecule has 3 heterocycles. The third kappa shape index (κ3) is 3.12. The van der Waals surface area contributed by atoms with Crippen molar-refractivity contribution in [1.29, 1.82) is 0 Å². The molecule has 2 N–H and O–H groups in total. The van der Waals surface area contributed by atoms with Crippen molar-refractivity contribution in [3.8, 4) is 0 Å². The van der Waals surface area contributed by atoms with Gasteiger partial charge in [-0.2, -0.15) is 10.1 Å². The number of nitrogens with zero attached hydrogens (tertiary/aromatic N) is 4. The molecule has 0 aromatic carbocycles. The van der Waals surface area contributed by atoms with E-state index in [0.717, 1.165) is 39.1 Å². The Labute approximate surface area is 128 Å². The predicted octanol–water partition coefficient (Wildman–Crippen LogP) is 0.179. The average molecular weight is 306 g/mol. The van der Waals surface area contributed by atoms with E-state index >= 15 is 0 Å². The molecule has 8 nitrogen and oxygen atoms in total. The average Bonchev–Trinajstić information content (AvgIpc) is 2.88. The molecule has 0 bridgehead atoms. The van der Waals surface area contributed by atoms with Crippen LogP contribution in [0.25, 0.3) is 11.0 Å². The first kappa shape index (κ1) is 15.0. The number of rotatable bonds is 5. The van der Waals surface area contributed by atoms with Gasteiger partial charge in [0, 0.05) is 33.3 Å². The van der Waals surface area contributed by atoms with Gasteiger partial charge in [0.05, 0.1) is 12.8 Å². The fourth-order valence-electron chi connectivity index (χ4n) is 2.89. The van der Waals surface area contributed by atoms with E-state index in [1.165, 1.54) is 6.20 Å². The monoisotopic (exact) mass is 306 g/mol. The summed E-state index contributed by atoms with van der Waals surface area (Å²) in [4.78, 5) is 21.7. The van der Waals surface area contributed by atoms with E-state index in [1.54, 1.807) is 18.8 Å². The van der Waals surface area contributed by atoms with Gasteiger partial charge < -0.3 is 10.1 Å². The number of fused-ring (bicyclic) bond motifs is 1. The summed E-state index contributed by atoms with van der Waals surface area (Å²) in [5.74, 6) is 0.514. The van der Waals surface area contributed by atoms with Crippen LogP contribution < -0.4 is 10.9 Å². The standard InChI is InChI=1S/C14H22N6O2/c1-19-12-11(8-15-19)13(21)18-14(17-12)16-10-4-3-5-20(9-10)6-7-22-2/h8,10H,3-7,9H2,1-2H3,(H2,16,17,18,21)/t10-/m0/s1. The Morgan fingerprint density at radius 2 is 2.41 bits per heavy atom. The number of methoxy groups -OCH3 is 1. The van der Waals surface area contributed by atoms with Crippen molar-refractivity contribution in [3.63, 3.8) is 0 Å². The summed E-state index contributed by atoms with van der Waals surface area (Å²) in [7, 11) is 3.50. The zero-order valence-corrected chi connectivity index (χ0v) is 13.0. The minimum atomic E-state index is -0.160. The summed E-state index contributed by atoms with van der Waals surface area (Å²) in [6.45, 7) is 3.69. The second-order valence-electron chi connectivity index (χ2n) is 5.70. The molecule has 22 heavy (non-hydrogen) atoms. The summed E-state index contributed by atoms with van der Waals surface area (Å²) in [6.07, 6.45) is 3.73. The van der Waals surface area contributed by atoms with E-state index in [-0.39, 0.29) is 11.6 Å². The third-order valence-corrected chi connectivity index (χ3v) is 4.06. The van der Waals surface area contributed by atoms with Gasteiger partial charge in [0.2, 0.25) is 5.95 Å². The van der Waals surface area contributed by atoms with Gasteiger partial charge in [0.1, 0.15) is 5.39 Å². The molecule has 1 aliphatic rings. The molecule has 0 saturated carbocycles. The van der Waals surface area contributed by atoms with Crippen molar-refractivity contribution >= 4 is 17.0 Å². The maximum atomic E-state index is 12.0. The van der Waals surface area contributed by atoms with Gasteiger partial charge in [0.15, 0.2) is 5.65 Å². The number of aryl methyl sites for hydroxylation is 1. The van der Waals surface area contributed by atoms with Crippen LogP contribution in [0.4, 0.5) is 5.95 Å². The molecule has 120 valence electrons. The number of ether oxygens (including phenoxy) is 1. The van der Waals surface area contributed by atoms with Crippen LogP contribution in [-0.4, -0.2) is 64.0 Å². The number of piperidine rings is 1. The zero-order chi connectivity index (χ0) is 15.5. The maximum Gasteiger partial charge on any atom is 0.263 e. The van der Waals surface area contributed by atoms with E-state index in [0.29, 0.717) is 17.0 Å². The Morgan fingerprint density at radius 1 is 1.55 bits per heavy atom. The number of H-pyrrole nitrogens is 1. The number of anilines is 1. The van der Waals surface area contributed by atoms with Crippen molar-refractivity contribution < 1.29 is 4.74 Å². The van der Waals surface area contributed by atoms with Crippen LogP contribution in [0.5, 0.6) is 0 Å². The first-order chi connectivity index (χ1) is 10.7. The van der Waals surface area contributed by atoms with Gasteiger partial charge in [-0.05, 0) is 19.4 Å². The van der Waals surface area contributed by atoms with Crippen LogP contribution in [0, 0.1) is 0 Å². The van der Waals surface area contributed by atoms with E-state index in [2.05, 4.69) is 25.3 Å². The number of likely N-dealkylation sites (tertiary alicyclic amines) is 1. The van der Waals surface area contributed by atoms with E-state index < -0.39 is 0 Å². The molecule has 2 aromatic rings. The largest absolute Gasteiger partial charge is 0.383 e. The Kier molecular flexibility index (Phi) is 4.39. The van der Waals surface area contributed by atoms with Gasteiger partial charge in [-0.1, -0.05) is 0 Å². The summed E-state index contributed by atoms with van der Waals surface area (Å²) in [5, 5.41) is 7.93. The maximum absolute atomic E-state index is 12.0. The topological polar surface area (TPSA) is 88.1 Å². The molecule has 1 saturated heterocycles. The molecule has 0 radical (unpaired) electrons. The summed E-state index contributed by atoms with van der Waals surface area (Å²) < 4.78 is 6.75. The Bertz CT molecular complexity index is 694. The highest BCUT2D eigenvalue weighted by Crippen LogP contribution is 2.14. The summed E-state index contributed by atoms with van der Waals surface area (Å²) in [5.41, 5.74) is 0.436. The summed E-state index contributed by atoms with van der Waals surface area (Å²) in [6, 6.07) is 0.277. The number of aromatic nitrogens is 4. The highest BCUT2D eigenvalue weighted by atomic mass is 16.5. The lowest BCUT2D eigenvalue weighted by atomic mass is 10.1. The fourth-order valence-corrected chi connectivity index (χ4v) is 2.89. The lowest BCUT2D eigenvalue weighted by Gasteiger charge is -2.32. The first-order valence-corrected chi connectivity index (χ1v) is 7.57. The Morgan fingerprint density at radius 3 is 3.23 bits per heavy atom. The van der Waals surface area contributed by atoms with Crippen LogP contribution in [0.1, 0.15) is 12.8 Å². The number of hydrogen-bond donors (Lipinski definition) is 2. The minimum Gasteiger partial charge on any atom is -0.383 e. The molecule has 1 atom stereocenters. The fraction of sp³-hybridized carbons (Fsp3) is 0.643. The molecule has 0 aliphatic carbocycles. The molecule has 0 spiro atoms. The molecule has 3 rings (SSSR count). The SMILES string of the molecule is COCCN1CCC[C@H](Nc2nc3c(cnn3C)c(=O)[nH]2)C1. The highest BCUT2D eigenvalue weighted by molar-refractivity contribution is 5.74. The van der Waals surface area contributed by atoms with Crippen LogP contribution >= 0.6 is 0 Å². The van der Waals surface area contributed by atoms with Crippen LogP contribution in [-0.2, 0) is 11.8 Å². The molecule has 8 heteroatoms. The van der Waals surface area contributed by atoms with Gasteiger partial charge >= 0.3 is 0 Å². The highest BCUT2D eigenvalue weighted by Gasteiger charge is 2.20. The lowest BCUT2D eigenvalue weighted by Crippen LogP contribution is -2.43. The molecule has 2 aromatic heterocycles. The van der Waals surface area contributed by atoms with Crippen LogP contribution in [0.3, 0.4) is 0 Å². The lowest BCUT2D eigenvalue weighted by molar-refractivity contribution is 0.131. The van der Waals surface area contributed by atoms with Crippen LogP contribution in [0.2, 0.25) is 0 Å². The molecule has 1 aliphatic heterocycles. The minimum absolute atomic E-state index is 0.160. The van der Waals surface area contributed by atoms with Crippen molar-refractivity contribution in [1.82, 2.24) is 24.6 Å². The molecule has 0 amide bonds. The third-order valence-electron chi connectivity index (χ3n) is 4.06. The zero-order valence-electron chi connectivity index (χ0n) is 13.0. The second kappa shape index (κ2) is 6.45. The van der Waals surface area contributed by atoms with Gasteiger partial charge in [-0.3, -0.25) is 19.4 Å². The molecular formula is C14H22N6O2. The van der Waals surface area contributed by atoms with Gasteiger partial charge in [-0.15, -0.1) is 0 Å². The number of hydrogen-bond acceptors (Lipinski definition) is 6.